The Morgan fingerprint density at radius 2 is 1.85 bits per heavy atom. The molecule has 140 valence electrons. The number of hydrogen-bond acceptors (Lipinski definition) is 6. The number of benzene rings is 2. The Hall–Kier alpha value is -3.35. The van der Waals surface area contributed by atoms with E-state index in [0.717, 1.165) is 5.56 Å². The summed E-state index contributed by atoms with van der Waals surface area (Å²) in [5.41, 5.74) is 1.38. The highest BCUT2D eigenvalue weighted by Gasteiger charge is 2.14. The Bertz CT molecular complexity index is 908. The van der Waals surface area contributed by atoms with E-state index in [1.807, 2.05) is 49.4 Å². The molecule has 3 aromatic rings. The summed E-state index contributed by atoms with van der Waals surface area (Å²) in [7, 11) is 1.59. The molecule has 0 aliphatic carbocycles. The normalized spacial score (nSPS) is 10.4. The summed E-state index contributed by atoms with van der Waals surface area (Å²) in [6, 6.07) is 14.7. The maximum Gasteiger partial charge on any atom is 0.227 e. The average Bonchev–Trinajstić information content (AvgIpc) is 3.17. The van der Waals surface area contributed by atoms with Gasteiger partial charge in [0.15, 0.2) is 0 Å². The molecule has 7 heteroatoms. The largest absolute Gasteiger partial charge is 0.496 e. The fourth-order valence-corrected chi connectivity index (χ4v) is 2.58. The lowest BCUT2D eigenvalue weighted by molar-refractivity contribution is -0.116. The number of hydrogen-bond donors (Lipinski definition) is 1. The molecular weight excluding hydrogens is 346 g/mol. The minimum atomic E-state index is -0.154. The predicted molar refractivity (Wildman–Crippen MR) is 101 cm³/mol. The van der Waals surface area contributed by atoms with Crippen molar-refractivity contribution in [2.45, 2.75) is 19.8 Å². The molecule has 0 saturated carbocycles. The van der Waals surface area contributed by atoms with Crippen molar-refractivity contribution in [2.75, 3.05) is 19.0 Å². The second-order valence-electron chi connectivity index (χ2n) is 5.69. The summed E-state index contributed by atoms with van der Waals surface area (Å²) in [4.78, 5) is 16.6. The number of anilines is 1. The molecule has 1 N–H and O–H groups in total. The minimum Gasteiger partial charge on any atom is -0.496 e. The molecule has 0 fully saturated rings. The molecule has 0 atom stereocenters. The molecule has 0 unspecified atom stereocenters. The van der Waals surface area contributed by atoms with Crippen LogP contribution in [0.15, 0.2) is 53.1 Å². The fraction of sp³-hybridized carbons (Fsp3) is 0.250. The van der Waals surface area contributed by atoms with Crippen molar-refractivity contribution in [3.63, 3.8) is 0 Å². The number of carbonyl (C=O) groups excluding carboxylic acids is 1. The number of aryl methyl sites for hydroxylation is 1. The fourth-order valence-electron chi connectivity index (χ4n) is 2.58. The molecule has 0 bridgehead atoms. The summed E-state index contributed by atoms with van der Waals surface area (Å²) < 4.78 is 16.1. The maximum absolute atomic E-state index is 12.2. The Balaban J connectivity index is 1.61. The van der Waals surface area contributed by atoms with Crippen LogP contribution in [0, 0.1) is 0 Å². The van der Waals surface area contributed by atoms with Gasteiger partial charge in [-0.2, -0.15) is 4.98 Å². The first-order valence-corrected chi connectivity index (χ1v) is 8.69. The van der Waals surface area contributed by atoms with E-state index in [1.54, 1.807) is 13.2 Å². The lowest BCUT2D eigenvalue weighted by Gasteiger charge is -2.10. The Morgan fingerprint density at radius 1 is 1.11 bits per heavy atom. The molecule has 1 heterocycles. The molecule has 0 aliphatic heterocycles. The van der Waals surface area contributed by atoms with E-state index in [4.69, 9.17) is 14.0 Å². The zero-order valence-electron chi connectivity index (χ0n) is 15.3. The van der Waals surface area contributed by atoms with Crippen LogP contribution in [-0.4, -0.2) is 29.8 Å². The predicted octanol–water partition coefficient (Wildman–Crippen LogP) is 3.72. The minimum absolute atomic E-state index is 0.154. The van der Waals surface area contributed by atoms with Gasteiger partial charge in [-0.15, -0.1) is 0 Å². The van der Waals surface area contributed by atoms with Gasteiger partial charge in [0.25, 0.3) is 0 Å². The number of nitrogens with one attached hydrogen (secondary N) is 1. The van der Waals surface area contributed by atoms with E-state index in [1.165, 1.54) is 0 Å². The summed E-state index contributed by atoms with van der Waals surface area (Å²) in [6.07, 6.45) is 0.554. The number of nitrogens with zero attached hydrogens (tertiary/aromatic N) is 2. The third-order valence-electron chi connectivity index (χ3n) is 3.84. The molecule has 1 amide bonds. The van der Waals surface area contributed by atoms with Gasteiger partial charge < -0.3 is 19.3 Å². The quantitative estimate of drug-likeness (QED) is 0.653. The smallest absolute Gasteiger partial charge is 0.227 e. The van der Waals surface area contributed by atoms with Gasteiger partial charge in [0.05, 0.1) is 25.0 Å². The van der Waals surface area contributed by atoms with Gasteiger partial charge >= 0.3 is 0 Å². The first-order valence-electron chi connectivity index (χ1n) is 8.69. The monoisotopic (exact) mass is 367 g/mol. The third-order valence-corrected chi connectivity index (χ3v) is 3.84. The third kappa shape index (κ3) is 4.63. The second kappa shape index (κ2) is 8.84. The molecule has 0 spiro atoms. The second-order valence-corrected chi connectivity index (χ2v) is 5.69. The lowest BCUT2D eigenvalue weighted by Crippen LogP contribution is -2.13. The van der Waals surface area contributed by atoms with Gasteiger partial charge in [-0.3, -0.25) is 4.79 Å². The van der Waals surface area contributed by atoms with Gasteiger partial charge in [-0.05, 0) is 31.2 Å². The van der Waals surface area contributed by atoms with Crippen LogP contribution in [0.5, 0.6) is 11.5 Å². The molecule has 27 heavy (non-hydrogen) atoms. The van der Waals surface area contributed by atoms with Crippen LogP contribution in [-0.2, 0) is 11.2 Å². The van der Waals surface area contributed by atoms with Crippen LogP contribution in [0.25, 0.3) is 11.4 Å². The lowest BCUT2D eigenvalue weighted by atomic mass is 10.2. The zero-order chi connectivity index (χ0) is 19.1. The molecule has 3 rings (SSSR count). The van der Waals surface area contributed by atoms with Crippen molar-refractivity contribution in [1.29, 1.82) is 0 Å². The summed E-state index contributed by atoms with van der Waals surface area (Å²) in [6.45, 7) is 2.42. The summed E-state index contributed by atoms with van der Waals surface area (Å²) >= 11 is 0. The average molecular weight is 367 g/mol. The maximum atomic E-state index is 12.2. The van der Waals surface area contributed by atoms with Crippen molar-refractivity contribution in [2.24, 2.45) is 0 Å². The van der Waals surface area contributed by atoms with Crippen molar-refractivity contribution >= 4 is 11.6 Å². The van der Waals surface area contributed by atoms with Gasteiger partial charge in [0.1, 0.15) is 11.5 Å². The van der Waals surface area contributed by atoms with E-state index in [2.05, 4.69) is 15.5 Å². The molecule has 1 aromatic heterocycles. The number of carbonyl (C=O) groups is 1. The van der Waals surface area contributed by atoms with E-state index < -0.39 is 0 Å². The number of ether oxygens (including phenoxy) is 2. The molecule has 2 aromatic carbocycles. The molecule has 0 radical (unpaired) electrons. The van der Waals surface area contributed by atoms with Crippen LogP contribution in [0.4, 0.5) is 5.69 Å². The van der Waals surface area contributed by atoms with Crippen molar-refractivity contribution in [3.05, 3.63) is 54.4 Å². The van der Waals surface area contributed by atoms with Crippen LogP contribution in [0.1, 0.15) is 19.2 Å². The summed E-state index contributed by atoms with van der Waals surface area (Å²) in [5, 5.41) is 6.83. The van der Waals surface area contributed by atoms with Crippen LogP contribution in [0.3, 0.4) is 0 Å². The van der Waals surface area contributed by atoms with E-state index in [-0.39, 0.29) is 12.3 Å². The molecule has 7 nitrogen and oxygen atoms in total. The Labute approximate surface area is 157 Å². The van der Waals surface area contributed by atoms with Gasteiger partial charge in [-0.25, -0.2) is 0 Å². The molecule has 0 aliphatic rings. The molecule has 0 saturated heterocycles. The number of para-hydroxylation sites is 3. The number of rotatable bonds is 8. The highest BCUT2D eigenvalue weighted by atomic mass is 16.5. The van der Waals surface area contributed by atoms with Crippen molar-refractivity contribution in [1.82, 2.24) is 10.1 Å². The Kier molecular flexibility index (Phi) is 6.04. The first kappa shape index (κ1) is 18.4. The number of methoxy groups -OCH3 is 1. The van der Waals surface area contributed by atoms with Crippen LogP contribution >= 0.6 is 0 Å². The number of aromatic nitrogens is 2. The van der Waals surface area contributed by atoms with E-state index >= 15 is 0 Å². The zero-order valence-corrected chi connectivity index (χ0v) is 15.3. The van der Waals surface area contributed by atoms with Gasteiger partial charge in [0, 0.05) is 12.8 Å². The van der Waals surface area contributed by atoms with Crippen molar-refractivity contribution in [3.8, 4) is 22.9 Å². The first-order chi connectivity index (χ1) is 13.2. The molecular formula is C20H21N3O4. The highest BCUT2D eigenvalue weighted by molar-refractivity contribution is 5.92. The number of amides is 1. The SMILES string of the molecule is CCOc1ccccc1NC(=O)CCc1nc(-c2ccccc2OC)no1. The summed E-state index contributed by atoms with van der Waals surface area (Å²) in [5.74, 6) is 1.98. The van der Waals surface area contributed by atoms with Crippen molar-refractivity contribution < 1.29 is 18.8 Å². The van der Waals surface area contributed by atoms with Crippen LogP contribution in [0.2, 0.25) is 0 Å². The van der Waals surface area contributed by atoms with Gasteiger partial charge in [-0.1, -0.05) is 29.4 Å². The highest BCUT2D eigenvalue weighted by Crippen LogP contribution is 2.27. The standard InChI is InChI=1S/C20H21N3O4/c1-3-26-17-11-7-5-9-15(17)21-18(24)12-13-19-22-20(23-27-19)14-8-4-6-10-16(14)25-2/h4-11H,3,12-13H2,1-2H3,(H,21,24). The topological polar surface area (TPSA) is 86.5 Å². The van der Waals surface area contributed by atoms with Gasteiger partial charge in [0.2, 0.25) is 17.6 Å². The van der Waals surface area contributed by atoms with E-state index in [0.29, 0.717) is 41.9 Å². The van der Waals surface area contributed by atoms with Crippen LogP contribution < -0.4 is 14.8 Å². The Morgan fingerprint density at radius 3 is 2.63 bits per heavy atom. The van der Waals surface area contributed by atoms with E-state index in [9.17, 15) is 4.79 Å².